The molecule has 20 heavy (non-hydrogen) atoms. The third kappa shape index (κ3) is 3.15. The summed E-state index contributed by atoms with van der Waals surface area (Å²) in [6.45, 7) is 4.04. The van der Waals surface area contributed by atoms with Crippen LogP contribution in [0.3, 0.4) is 0 Å². The highest BCUT2D eigenvalue weighted by atomic mass is 19.1. The zero-order valence-corrected chi connectivity index (χ0v) is 11.3. The highest BCUT2D eigenvalue weighted by molar-refractivity contribution is 5.87. The summed E-state index contributed by atoms with van der Waals surface area (Å²) in [5, 5.41) is 8.77. The summed E-state index contributed by atoms with van der Waals surface area (Å²) >= 11 is 0. The molecule has 0 saturated carbocycles. The lowest BCUT2D eigenvalue weighted by molar-refractivity contribution is 0.0696. The summed E-state index contributed by atoms with van der Waals surface area (Å²) in [5.41, 5.74) is 2.52. The Balaban J connectivity index is 2.10. The standard InChI is InChI=1S/C16H15FO3/c1-10-3-6-14(7-11(10)2)20-9-13-5-4-12(16(18)19)8-15(13)17/h3-8H,9H2,1-2H3,(H,18,19). The van der Waals surface area contributed by atoms with Crippen LogP contribution >= 0.6 is 0 Å². The van der Waals surface area contributed by atoms with Gasteiger partial charge in [0.2, 0.25) is 0 Å². The minimum absolute atomic E-state index is 0.0637. The monoisotopic (exact) mass is 274 g/mol. The summed E-state index contributed by atoms with van der Waals surface area (Å²) < 4.78 is 19.2. The van der Waals surface area contributed by atoms with Crippen LogP contribution in [0.4, 0.5) is 4.39 Å². The third-order valence-corrected chi connectivity index (χ3v) is 3.17. The van der Waals surface area contributed by atoms with E-state index in [0.717, 1.165) is 17.2 Å². The third-order valence-electron chi connectivity index (χ3n) is 3.17. The second-order valence-corrected chi connectivity index (χ2v) is 4.65. The fraction of sp³-hybridized carbons (Fsp3) is 0.188. The summed E-state index contributed by atoms with van der Waals surface area (Å²) in [6, 6.07) is 9.45. The van der Waals surface area contributed by atoms with Crippen molar-refractivity contribution in [1.82, 2.24) is 0 Å². The maximum atomic E-state index is 13.7. The zero-order valence-electron chi connectivity index (χ0n) is 11.3. The van der Waals surface area contributed by atoms with Crippen molar-refractivity contribution >= 4 is 5.97 Å². The highest BCUT2D eigenvalue weighted by Gasteiger charge is 2.09. The summed E-state index contributed by atoms with van der Waals surface area (Å²) in [4.78, 5) is 10.7. The van der Waals surface area contributed by atoms with Crippen LogP contribution in [0.2, 0.25) is 0 Å². The minimum Gasteiger partial charge on any atom is -0.489 e. The molecule has 0 saturated heterocycles. The largest absolute Gasteiger partial charge is 0.489 e. The smallest absolute Gasteiger partial charge is 0.335 e. The molecule has 0 aliphatic heterocycles. The van der Waals surface area contributed by atoms with Gasteiger partial charge in [0, 0.05) is 5.56 Å². The molecule has 2 aromatic carbocycles. The molecular formula is C16H15FO3. The number of benzene rings is 2. The second-order valence-electron chi connectivity index (χ2n) is 4.65. The fourth-order valence-corrected chi connectivity index (χ4v) is 1.76. The Bertz CT molecular complexity index is 650. The predicted molar refractivity (Wildman–Crippen MR) is 73.6 cm³/mol. The molecule has 0 aliphatic carbocycles. The molecule has 0 atom stereocenters. The van der Waals surface area contributed by atoms with E-state index < -0.39 is 11.8 Å². The van der Waals surface area contributed by atoms with Crippen molar-refractivity contribution in [3.8, 4) is 5.75 Å². The van der Waals surface area contributed by atoms with Gasteiger partial charge in [0.1, 0.15) is 18.2 Å². The first kappa shape index (κ1) is 14.1. The molecule has 0 aromatic heterocycles. The van der Waals surface area contributed by atoms with Crippen molar-refractivity contribution < 1.29 is 19.0 Å². The summed E-state index contributed by atoms with van der Waals surface area (Å²) in [7, 11) is 0. The lowest BCUT2D eigenvalue weighted by atomic mass is 10.1. The molecule has 2 rings (SSSR count). The number of hydrogen-bond acceptors (Lipinski definition) is 2. The number of aromatic carboxylic acids is 1. The van der Waals surface area contributed by atoms with E-state index in [1.165, 1.54) is 12.1 Å². The van der Waals surface area contributed by atoms with Crippen molar-refractivity contribution in [2.24, 2.45) is 0 Å². The van der Waals surface area contributed by atoms with Crippen LogP contribution in [0.25, 0.3) is 0 Å². The number of carboxylic acids is 1. The lowest BCUT2D eigenvalue weighted by Gasteiger charge is -2.09. The topological polar surface area (TPSA) is 46.5 Å². The SMILES string of the molecule is Cc1ccc(OCc2ccc(C(=O)O)cc2F)cc1C. The lowest BCUT2D eigenvalue weighted by Crippen LogP contribution is -2.02. The van der Waals surface area contributed by atoms with E-state index in [9.17, 15) is 9.18 Å². The molecular weight excluding hydrogens is 259 g/mol. The van der Waals surface area contributed by atoms with Gasteiger partial charge in [-0.1, -0.05) is 12.1 Å². The Kier molecular flexibility index (Phi) is 4.03. The van der Waals surface area contributed by atoms with Gasteiger partial charge in [0.05, 0.1) is 5.56 Å². The van der Waals surface area contributed by atoms with E-state index in [2.05, 4.69) is 0 Å². The van der Waals surface area contributed by atoms with Gasteiger partial charge in [0.25, 0.3) is 0 Å². The maximum Gasteiger partial charge on any atom is 0.335 e. The van der Waals surface area contributed by atoms with Crippen LogP contribution in [0.5, 0.6) is 5.75 Å². The van der Waals surface area contributed by atoms with Gasteiger partial charge in [-0.2, -0.15) is 0 Å². The van der Waals surface area contributed by atoms with Gasteiger partial charge in [0.15, 0.2) is 0 Å². The fourth-order valence-electron chi connectivity index (χ4n) is 1.76. The average molecular weight is 274 g/mol. The average Bonchev–Trinajstić information content (AvgIpc) is 2.41. The molecule has 4 heteroatoms. The molecule has 2 aromatic rings. The Morgan fingerprint density at radius 1 is 1.15 bits per heavy atom. The van der Waals surface area contributed by atoms with Crippen molar-refractivity contribution in [1.29, 1.82) is 0 Å². The maximum absolute atomic E-state index is 13.7. The Hall–Kier alpha value is -2.36. The van der Waals surface area contributed by atoms with Gasteiger partial charge in [-0.25, -0.2) is 9.18 Å². The highest BCUT2D eigenvalue weighted by Crippen LogP contribution is 2.19. The number of halogens is 1. The van der Waals surface area contributed by atoms with Crippen molar-refractivity contribution in [3.05, 3.63) is 64.5 Å². The molecule has 0 heterocycles. The van der Waals surface area contributed by atoms with Crippen molar-refractivity contribution in [2.75, 3.05) is 0 Å². The van der Waals surface area contributed by atoms with Gasteiger partial charge < -0.3 is 9.84 Å². The molecule has 0 aliphatic rings. The number of rotatable bonds is 4. The molecule has 1 N–H and O–H groups in total. The Morgan fingerprint density at radius 3 is 2.50 bits per heavy atom. The first-order chi connectivity index (χ1) is 9.47. The van der Waals surface area contributed by atoms with Gasteiger partial charge in [-0.05, 0) is 49.2 Å². The molecule has 0 spiro atoms. The normalized spacial score (nSPS) is 10.3. The van der Waals surface area contributed by atoms with E-state index in [-0.39, 0.29) is 12.2 Å². The zero-order chi connectivity index (χ0) is 14.7. The first-order valence-electron chi connectivity index (χ1n) is 6.19. The number of hydrogen-bond donors (Lipinski definition) is 1. The summed E-state index contributed by atoms with van der Waals surface area (Å²) in [5.74, 6) is -1.06. The number of carbonyl (C=O) groups is 1. The number of ether oxygens (including phenoxy) is 1. The van der Waals surface area contributed by atoms with E-state index in [1.54, 1.807) is 0 Å². The Labute approximate surface area is 116 Å². The van der Waals surface area contributed by atoms with E-state index in [0.29, 0.717) is 11.3 Å². The molecule has 104 valence electrons. The first-order valence-corrected chi connectivity index (χ1v) is 6.19. The van der Waals surface area contributed by atoms with Crippen molar-refractivity contribution in [3.63, 3.8) is 0 Å². The molecule has 0 unspecified atom stereocenters. The molecule has 0 bridgehead atoms. The van der Waals surface area contributed by atoms with E-state index in [1.807, 2.05) is 32.0 Å². The number of carboxylic acid groups (broad SMARTS) is 1. The molecule has 0 amide bonds. The Morgan fingerprint density at radius 2 is 1.90 bits per heavy atom. The van der Waals surface area contributed by atoms with Crippen LogP contribution in [0.1, 0.15) is 27.0 Å². The van der Waals surface area contributed by atoms with Gasteiger partial charge >= 0.3 is 5.97 Å². The predicted octanol–water partition coefficient (Wildman–Crippen LogP) is 3.72. The van der Waals surface area contributed by atoms with Gasteiger partial charge in [-0.3, -0.25) is 0 Å². The quantitative estimate of drug-likeness (QED) is 0.924. The van der Waals surface area contributed by atoms with Crippen LogP contribution < -0.4 is 4.74 Å². The molecule has 0 radical (unpaired) electrons. The van der Waals surface area contributed by atoms with Gasteiger partial charge in [-0.15, -0.1) is 0 Å². The molecule has 3 nitrogen and oxygen atoms in total. The van der Waals surface area contributed by atoms with Crippen LogP contribution in [-0.2, 0) is 6.61 Å². The van der Waals surface area contributed by atoms with Crippen LogP contribution in [-0.4, -0.2) is 11.1 Å². The summed E-state index contributed by atoms with van der Waals surface area (Å²) in [6.07, 6.45) is 0. The van der Waals surface area contributed by atoms with E-state index in [4.69, 9.17) is 9.84 Å². The second kappa shape index (κ2) is 5.74. The number of aryl methyl sites for hydroxylation is 2. The van der Waals surface area contributed by atoms with Crippen LogP contribution in [0.15, 0.2) is 36.4 Å². The van der Waals surface area contributed by atoms with Crippen LogP contribution in [0, 0.1) is 19.7 Å². The minimum atomic E-state index is -1.15. The van der Waals surface area contributed by atoms with E-state index >= 15 is 0 Å². The van der Waals surface area contributed by atoms with Crippen molar-refractivity contribution in [2.45, 2.75) is 20.5 Å². The molecule has 0 fully saturated rings.